The van der Waals surface area contributed by atoms with Crippen LogP contribution in [0.3, 0.4) is 0 Å². The van der Waals surface area contributed by atoms with Crippen molar-refractivity contribution < 1.29 is 4.74 Å². The zero-order chi connectivity index (χ0) is 10.7. The van der Waals surface area contributed by atoms with Crippen LogP contribution < -0.4 is 0 Å². The van der Waals surface area contributed by atoms with E-state index >= 15 is 0 Å². The minimum Gasteiger partial charge on any atom is -0.370 e. The Kier molecular flexibility index (Phi) is 3.42. The maximum atomic E-state index is 6.06. The summed E-state index contributed by atoms with van der Waals surface area (Å²) in [5.41, 5.74) is 2.67. The molecule has 0 aromatic heterocycles. The first-order valence-electron chi connectivity index (χ1n) is 6.01. The molecule has 2 atom stereocenters. The van der Waals surface area contributed by atoms with Crippen LogP contribution >= 0.6 is 0 Å². The average molecular weight is 204 g/mol. The molecule has 1 aromatic carbocycles. The van der Waals surface area contributed by atoms with Crippen LogP contribution in [0.25, 0.3) is 0 Å². The lowest BCUT2D eigenvalue weighted by Crippen LogP contribution is -2.21. The van der Waals surface area contributed by atoms with Crippen molar-refractivity contribution in [2.24, 2.45) is 0 Å². The Hall–Kier alpha value is -0.820. The molecule has 1 heterocycles. The molecule has 0 radical (unpaired) electrons. The lowest BCUT2D eigenvalue weighted by molar-refractivity contribution is -0.0525. The molecule has 0 N–H and O–H groups in total. The van der Waals surface area contributed by atoms with Gasteiger partial charge in [-0.25, -0.2) is 0 Å². The Bertz CT molecular complexity index is 302. The van der Waals surface area contributed by atoms with Crippen LogP contribution in [-0.2, 0) is 4.74 Å². The van der Waals surface area contributed by atoms with E-state index in [0.29, 0.717) is 12.2 Å². The second-order valence-electron chi connectivity index (χ2n) is 4.50. The molecule has 0 spiro atoms. The van der Waals surface area contributed by atoms with E-state index in [9.17, 15) is 0 Å². The highest BCUT2D eigenvalue weighted by atomic mass is 16.5. The maximum absolute atomic E-state index is 6.06. The maximum Gasteiger partial charge on any atom is 0.0828 e. The number of hydrogen-bond acceptors (Lipinski definition) is 1. The fourth-order valence-electron chi connectivity index (χ4n) is 2.23. The van der Waals surface area contributed by atoms with E-state index in [4.69, 9.17) is 4.74 Å². The van der Waals surface area contributed by atoms with Crippen molar-refractivity contribution in [2.75, 3.05) is 0 Å². The predicted molar refractivity (Wildman–Crippen MR) is 62.9 cm³/mol. The summed E-state index contributed by atoms with van der Waals surface area (Å²) in [6.45, 7) is 4.34. The summed E-state index contributed by atoms with van der Waals surface area (Å²) < 4.78 is 6.06. The van der Waals surface area contributed by atoms with Crippen LogP contribution in [0.15, 0.2) is 24.3 Å². The van der Waals surface area contributed by atoms with Crippen molar-refractivity contribution in [3.8, 4) is 0 Å². The number of hydrogen-bond donors (Lipinski definition) is 0. The van der Waals surface area contributed by atoms with Crippen molar-refractivity contribution in [3.05, 3.63) is 35.4 Å². The number of benzene rings is 1. The van der Waals surface area contributed by atoms with Crippen molar-refractivity contribution in [2.45, 2.75) is 51.7 Å². The van der Waals surface area contributed by atoms with Gasteiger partial charge in [0.2, 0.25) is 0 Å². The summed E-state index contributed by atoms with van der Waals surface area (Å²) >= 11 is 0. The van der Waals surface area contributed by atoms with Crippen LogP contribution in [0.4, 0.5) is 0 Å². The summed E-state index contributed by atoms with van der Waals surface area (Å²) in [7, 11) is 0. The molecule has 2 unspecified atom stereocenters. The number of ether oxygens (including phenoxy) is 1. The highest BCUT2D eigenvalue weighted by Gasteiger charge is 2.21. The van der Waals surface area contributed by atoms with E-state index in [1.54, 1.807) is 0 Å². The van der Waals surface area contributed by atoms with E-state index in [1.807, 2.05) is 0 Å². The third kappa shape index (κ3) is 2.60. The molecule has 1 fully saturated rings. The molecule has 1 nitrogen and oxygen atoms in total. The van der Waals surface area contributed by atoms with Gasteiger partial charge in [0, 0.05) is 0 Å². The van der Waals surface area contributed by atoms with Gasteiger partial charge < -0.3 is 4.74 Å². The van der Waals surface area contributed by atoms with Crippen LogP contribution in [0.1, 0.15) is 49.8 Å². The van der Waals surface area contributed by atoms with E-state index in [2.05, 4.69) is 38.1 Å². The van der Waals surface area contributed by atoms with Gasteiger partial charge in [0.1, 0.15) is 0 Å². The highest BCUT2D eigenvalue weighted by Crippen LogP contribution is 2.32. The van der Waals surface area contributed by atoms with Crippen molar-refractivity contribution in [1.82, 2.24) is 0 Å². The summed E-state index contributed by atoms with van der Waals surface area (Å²) in [5, 5.41) is 0. The second kappa shape index (κ2) is 4.80. The smallest absolute Gasteiger partial charge is 0.0828 e. The summed E-state index contributed by atoms with van der Waals surface area (Å²) in [5.74, 6) is 0. The van der Waals surface area contributed by atoms with Gasteiger partial charge in [-0.05, 0) is 38.2 Å². The first-order chi connectivity index (χ1) is 7.29. The van der Waals surface area contributed by atoms with Crippen LogP contribution in [0.2, 0.25) is 0 Å². The molecule has 0 amide bonds. The normalized spacial score (nSPS) is 26.5. The standard InChI is InChI=1S/C14H20O/c1-3-13-5-4-6-14(15-13)12-9-7-11(2)8-10-12/h7-10,13-14H,3-6H2,1-2H3. The quantitative estimate of drug-likeness (QED) is 0.707. The van der Waals surface area contributed by atoms with Gasteiger partial charge >= 0.3 is 0 Å². The third-order valence-corrected chi connectivity index (χ3v) is 3.25. The third-order valence-electron chi connectivity index (χ3n) is 3.25. The highest BCUT2D eigenvalue weighted by molar-refractivity contribution is 5.23. The SMILES string of the molecule is CCC1CCCC(c2ccc(C)cc2)O1. The number of aryl methyl sites for hydroxylation is 1. The molecule has 1 aliphatic rings. The Morgan fingerprint density at radius 1 is 1.20 bits per heavy atom. The Labute approximate surface area is 92.5 Å². The first-order valence-corrected chi connectivity index (χ1v) is 6.01. The Morgan fingerprint density at radius 3 is 2.60 bits per heavy atom. The summed E-state index contributed by atoms with van der Waals surface area (Å²) in [6.07, 6.45) is 5.67. The first kappa shape index (κ1) is 10.7. The molecule has 15 heavy (non-hydrogen) atoms. The Morgan fingerprint density at radius 2 is 1.93 bits per heavy atom. The molecule has 1 saturated heterocycles. The lowest BCUT2D eigenvalue weighted by atomic mass is 9.97. The van der Waals surface area contributed by atoms with Gasteiger partial charge in [0.05, 0.1) is 12.2 Å². The van der Waals surface area contributed by atoms with E-state index < -0.39 is 0 Å². The molecule has 82 valence electrons. The summed E-state index contributed by atoms with van der Waals surface area (Å²) in [4.78, 5) is 0. The largest absolute Gasteiger partial charge is 0.370 e. The van der Waals surface area contributed by atoms with Crippen LogP contribution in [0.5, 0.6) is 0 Å². The molecule has 1 aromatic rings. The fraction of sp³-hybridized carbons (Fsp3) is 0.571. The van der Waals surface area contributed by atoms with Crippen molar-refractivity contribution in [1.29, 1.82) is 0 Å². The number of rotatable bonds is 2. The van der Waals surface area contributed by atoms with E-state index in [1.165, 1.54) is 30.4 Å². The molecule has 0 aliphatic carbocycles. The lowest BCUT2D eigenvalue weighted by Gasteiger charge is -2.29. The van der Waals surface area contributed by atoms with Crippen LogP contribution in [0, 0.1) is 6.92 Å². The molecular formula is C14H20O. The predicted octanol–water partition coefficient (Wildman–Crippen LogP) is 4.02. The van der Waals surface area contributed by atoms with Gasteiger partial charge in [0.25, 0.3) is 0 Å². The van der Waals surface area contributed by atoms with Gasteiger partial charge in [-0.15, -0.1) is 0 Å². The average Bonchev–Trinajstić information content (AvgIpc) is 2.30. The summed E-state index contributed by atoms with van der Waals surface area (Å²) in [6, 6.07) is 8.76. The topological polar surface area (TPSA) is 9.23 Å². The molecule has 1 aliphatic heterocycles. The Balaban J connectivity index is 2.06. The fourth-order valence-corrected chi connectivity index (χ4v) is 2.23. The van der Waals surface area contributed by atoms with Gasteiger partial charge in [-0.3, -0.25) is 0 Å². The molecule has 2 rings (SSSR count). The van der Waals surface area contributed by atoms with Gasteiger partial charge in [-0.2, -0.15) is 0 Å². The van der Waals surface area contributed by atoms with Crippen molar-refractivity contribution >= 4 is 0 Å². The zero-order valence-electron chi connectivity index (χ0n) is 9.70. The van der Waals surface area contributed by atoms with Gasteiger partial charge in [-0.1, -0.05) is 36.8 Å². The molecule has 0 saturated carbocycles. The minimum absolute atomic E-state index is 0.337. The molecular weight excluding hydrogens is 184 g/mol. The van der Waals surface area contributed by atoms with Crippen molar-refractivity contribution in [3.63, 3.8) is 0 Å². The van der Waals surface area contributed by atoms with Crippen LogP contribution in [-0.4, -0.2) is 6.10 Å². The molecule has 1 heteroatoms. The van der Waals surface area contributed by atoms with Gasteiger partial charge in [0.15, 0.2) is 0 Å². The zero-order valence-corrected chi connectivity index (χ0v) is 9.70. The molecule has 0 bridgehead atoms. The van der Waals surface area contributed by atoms with E-state index in [0.717, 1.165) is 6.42 Å². The monoisotopic (exact) mass is 204 g/mol. The van der Waals surface area contributed by atoms with E-state index in [-0.39, 0.29) is 0 Å². The second-order valence-corrected chi connectivity index (χ2v) is 4.50. The minimum atomic E-state index is 0.337.